The van der Waals surface area contributed by atoms with Crippen LogP contribution < -0.4 is 11.1 Å². The molecule has 1 fully saturated rings. The molecule has 0 bridgehead atoms. The second kappa shape index (κ2) is 6.16. The smallest absolute Gasteiger partial charge is 0.240 e. The van der Waals surface area contributed by atoms with Crippen LogP contribution in [0.3, 0.4) is 0 Å². The van der Waals surface area contributed by atoms with Gasteiger partial charge in [-0.2, -0.15) is 0 Å². The summed E-state index contributed by atoms with van der Waals surface area (Å²) in [5, 5.41) is 6.44. The van der Waals surface area contributed by atoms with E-state index in [9.17, 15) is 4.79 Å². The van der Waals surface area contributed by atoms with Crippen molar-refractivity contribution in [3.05, 3.63) is 11.8 Å². The van der Waals surface area contributed by atoms with Gasteiger partial charge < -0.3 is 10.3 Å². The Labute approximate surface area is 113 Å². The highest BCUT2D eigenvalue weighted by atomic mass is 16.5. The number of aromatic nitrogens is 1. The molecule has 1 aliphatic heterocycles. The molecule has 106 valence electrons. The molecule has 2 unspecified atom stereocenters. The minimum Gasteiger partial charge on any atom is -0.338 e. The number of nitrogens with zero attached hydrogens (tertiary/aromatic N) is 2. The number of piperidine rings is 1. The first-order chi connectivity index (χ1) is 9.08. The fraction of sp³-hybridized carbons (Fsp3) is 0.692. The quantitative estimate of drug-likeness (QED) is 0.848. The molecule has 0 aliphatic carbocycles. The van der Waals surface area contributed by atoms with Crippen LogP contribution in [-0.4, -0.2) is 41.6 Å². The van der Waals surface area contributed by atoms with Gasteiger partial charge in [-0.3, -0.25) is 15.0 Å². The molecule has 6 nitrogen and oxygen atoms in total. The van der Waals surface area contributed by atoms with E-state index in [0.717, 1.165) is 31.6 Å². The summed E-state index contributed by atoms with van der Waals surface area (Å²) in [5.41, 5.74) is 6.81. The third-order valence-electron chi connectivity index (χ3n) is 3.66. The van der Waals surface area contributed by atoms with Gasteiger partial charge in [0.05, 0.1) is 12.2 Å². The lowest BCUT2D eigenvalue weighted by atomic mass is 9.91. The predicted molar refractivity (Wildman–Crippen MR) is 72.7 cm³/mol. The highest BCUT2D eigenvalue weighted by Crippen LogP contribution is 2.18. The number of anilines is 1. The summed E-state index contributed by atoms with van der Waals surface area (Å²) >= 11 is 0. The van der Waals surface area contributed by atoms with E-state index in [1.165, 1.54) is 0 Å². The van der Waals surface area contributed by atoms with Gasteiger partial charge in [-0.05, 0) is 19.3 Å². The third kappa shape index (κ3) is 3.78. The standard InChI is InChI=1S/C13H22N4O2/c1-3-10-7-17(5-4-11(10)14)8-12(18)15-13-6-9(2)16-19-13/h6,10-11H,3-5,7-8,14H2,1-2H3,(H,15,18). The fourth-order valence-electron chi connectivity index (χ4n) is 2.50. The van der Waals surface area contributed by atoms with Gasteiger partial charge in [0.25, 0.3) is 0 Å². The lowest BCUT2D eigenvalue weighted by Crippen LogP contribution is -2.48. The fourth-order valence-corrected chi connectivity index (χ4v) is 2.50. The van der Waals surface area contributed by atoms with Gasteiger partial charge in [-0.15, -0.1) is 0 Å². The van der Waals surface area contributed by atoms with Crippen molar-refractivity contribution in [2.45, 2.75) is 32.7 Å². The van der Waals surface area contributed by atoms with E-state index in [1.807, 2.05) is 6.92 Å². The summed E-state index contributed by atoms with van der Waals surface area (Å²) in [4.78, 5) is 14.0. The zero-order valence-electron chi connectivity index (χ0n) is 11.6. The maximum Gasteiger partial charge on any atom is 0.240 e. The molecule has 2 atom stereocenters. The lowest BCUT2D eigenvalue weighted by Gasteiger charge is -2.35. The summed E-state index contributed by atoms with van der Waals surface area (Å²) < 4.78 is 4.96. The zero-order chi connectivity index (χ0) is 13.8. The van der Waals surface area contributed by atoms with Crippen LogP contribution in [0, 0.1) is 12.8 Å². The van der Waals surface area contributed by atoms with E-state index in [0.29, 0.717) is 18.3 Å². The molecule has 1 aromatic rings. The SMILES string of the molecule is CCC1CN(CC(=O)Nc2cc(C)no2)CCC1N. The lowest BCUT2D eigenvalue weighted by molar-refractivity contribution is -0.117. The van der Waals surface area contributed by atoms with Crippen molar-refractivity contribution in [1.29, 1.82) is 0 Å². The number of likely N-dealkylation sites (tertiary alicyclic amines) is 1. The molecule has 2 rings (SSSR count). The molecule has 0 radical (unpaired) electrons. The Morgan fingerprint density at radius 3 is 3.11 bits per heavy atom. The summed E-state index contributed by atoms with van der Waals surface area (Å²) in [5.74, 6) is 0.818. The Kier molecular flexibility index (Phi) is 4.55. The number of carbonyl (C=O) groups excluding carboxylic acids is 1. The van der Waals surface area contributed by atoms with Crippen LogP contribution in [0.4, 0.5) is 5.88 Å². The number of rotatable bonds is 4. The number of nitrogens with one attached hydrogen (secondary N) is 1. The number of amides is 1. The monoisotopic (exact) mass is 266 g/mol. The van der Waals surface area contributed by atoms with Crippen LogP contribution in [0.5, 0.6) is 0 Å². The van der Waals surface area contributed by atoms with Crippen molar-refractivity contribution in [2.75, 3.05) is 25.0 Å². The number of aryl methyl sites for hydroxylation is 1. The van der Waals surface area contributed by atoms with Crippen LogP contribution in [0.25, 0.3) is 0 Å². The van der Waals surface area contributed by atoms with Gasteiger partial charge in [-0.1, -0.05) is 18.5 Å². The second-order valence-electron chi connectivity index (χ2n) is 5.24. The van der Waals surface area contributed by atoms with Crippen LogP contribution in [0.15, 0.2) is 10.6 Å². The van der Waals surface area contributed by atoms with E-state index in [-0.39, 0.29) is 11.9 Å². The minimum absolute atomic E-state index is 0.0681. The summed E-state index contributed by atoms with van der Waals surface area (Å²) in [7, 11) is 0. The van der Waals surface area contributed by atoms with Crippen molar-refractivity contribution in [1.82, 2.24) is 10.1 Å². The van der Waals surface area contributed by atoms with E-state index >= 15 is 0 Å². The molecule has 19 heavy (non-hydrogen) atoms. The number of hydrogen-bond acceptors (Lipinski definition) is 5. The third-order valence-corrected chi connectivity index (χ3v) is 3.66. The van der Waals surface area contributed by atoms with Crippen molar-refractivity contribution in [2.24, 2.45) is 11.7 Å². The number of nitrogens with two attached hydrogens (primary N) is 1. The maximum absolute atomic E-state index is 11.9. The molecule has 3 N–H and O–H groups in total. The molecule has 1 aromatic heterocycles. The zero-order valence-corrected chi connectivity index (χ0v) is 11.6. The average molecular weight is 266 g/mol. The molecular formula is C13H22N4O2. The van der Waals surface area contributed by atoms with E-state index in [4.69, 9.17) is 10.3 Å². The van der Waals surface area contributed by atoms with Crippen molar-refractivity contribution < 1.29 is 9.32 Å². The Morgan fingerprint density at radius 1 is 1.68 bits per heavy atom. The number of hydrogen-bond donors (Lipinski definition) is 2. The van der Waals surface area contributed by atoms with Crippen molar-refractivity contribution in [3.8, 4) is 0 Å². The molecule has 1 amide bonds. The Bertz CT molecular complexity index is 432. The molecule has 6 heteroatoms. The Balaban J connectivity index is 1.82. The molecule has 0 saturated carbocycles. The molecule has 2 heterocycles. The van der Waals surface area contributed by atoms with Gasteiger partial charge in [0.1, 0.15) is 0 Å². The Morgan fingerprint density at radius 2 is 2.47 bits per heavy atom. The van der Waals surface area contributed by atoms with Crippen LogP contribution >= 0.6 is 0 Å². The molecule has 1 aliphatic rings. The maximum atomic E-state index is 11.9. The second-order valence-corrected chi connectivity index (χ2v) is 5.24. The van der Waals surface area contributed by atoms with Gasteiger partial charge >= 0.3 is 0 Å². The predicted octanol–water partition coefficient (Wildman–Crippen LogP) is 0.981. The van der Waals surface area contributed by atoms with Gasteiger partial charge in [0.2, 0.25) is 11.8 Å². The van der Waals surface area contributed by atoms with Crippen molar-refractivity contribution in [3.63, 3.8) is 0 Å². The Hall–Kier alpha value is -1.40. The van der Waals surface area contributed by atoms with Gasteiger partial charge in [0.15, 0.2) is 0 Å². The summed E-state index contributed by atoms with van der Waals surface area (Å²) in [6, 6.07) is 1.97. The van der Waals surface area contributed by atoms with E-state index in [1.54, 1.807) is 6.07 Å². The molecule has 1 saturated heterocycles. The first kappa shape index (κ1) is 14.0. The summed E-state index contributed by atoms with van der Waals surface area (Å²) in [6.07, 6.45) is 2.01. The molecule has 0 aromatic carbocycles. The summed E-state index contributed by atoms with van der Waals surface area (Å²) in [6.45, 7) is 6.10. The van der Waals surface area contributed by atoms with E-state index < -0.39 is 0 Å². The minimum atomic E-state index is -0.0681. The van der Waals surface area contributed by atoms with E-state index in [2.05, 4.69) is 22.3 Å². The average Bonchev–Trinajstić information content (AvgIpc) is 2.77. The largest absolute Gasteiger partial charge is 0.338 e. The van der Waals surface area contributed by atoms with Crippen molar-refractivity contribution >= 4 is 11.8 Å². The molecule has 0 spiro atoms. The number of carbonyl (C=O) groups is 1. The van der Waals surface area contributed by atoms with Crippen LogP contribution in [-0.2, 0) is 4.79 Å². The topological polar surface area (TPSA) is 84.4 Å². The highest BCUT2D eigenvalue weighted by Gasteiger charge is 2.26. The first-order valence-corrected chi connectivity index (χ1v) is 6.79. The van der Waals surface area contributed by atoms with Gasteiger partial charge in [0, 0.05) is 25.2 Å². The molecular weight excluding hydrogens is 244 g/mol. The first-order valence-electron chi connectivity index (χ1n) is 6.79. The normalized spacial score (nSPS) is 24.4. The highest BCUT2D eigenvalue weighted by molar-refractivity contribution is 5.90. The van der Waals surface area contributed by atoms with Crippen LogP contribution in [0.2, 0.25) is 0 Å². The van der Waals surface area contributed by atoms with Crippen LogP contribution in [0.1, 0.15) is 25.5 Å². The van der Waals surface area contributed by atoms with Gasteiger partial charge in [-0.25, -0.2) is 0 Å².